The first kappa shape index (κ1) is 16.7. The summed E-state index contributed by atoms with van der Waals surface area (Å²) in [5.74, 6) is -5.00. The van der Waals surface area contributed by atoms with Gasteiger partial charge in [0.25, 0.3) is 5.91 Å². The van der Waals surface area contributed by atoms with Gasteiger partial charge in [0.1, 0.15) is 0 Å². The van der Waals surface area contributed by atoms with Crippen LogP contribution in [0.5, 0.6) is 0 Å². The smallest absolute Gasteiger partial charge is 0.324 e. The van der Waals surface area contributed by atoms with Gasteiger partial charge in [-0.2, -0.15) is 8.78 Å². The van der Waals surface area contributed by atoms with E-state index in [1.54, 1.807) is 12.1 Å². The molecule has 0 fully saturated rings. The molecule has 0 spiro atoms. The van der Waals surface area contributed by atoms with Crippen molar-refractivity contribution in [2.75, 3.05) is 6.54 Å². The molecule has 1 aromatic rings. The van der Waals surface area contributed by atoms with Crippen molar-refractivity contribution in [3.05, 3.63) is 34.9 Å². The van der Waals surface area contributed by atoms with Gasteiger partial charge in [-0.05, 0) is 23.3 Å². The fourth-order valence-corrected chi connectivity index (χ4v) is 1.81. The van der Waals surface area contributed by atoms with Crippen LogP contribution in [-0.4, -0.2) is 24.8 Å². The Hall–Kier alpha value is -1.34. The number of nitrogens with one attached hydrogen (secondary N) is 2. The second-order valence-corrected chi connectivity index (χ2v) is 4.33. The van der Waals surface area contributed by atoms with Gasteiger partial charge in [0, 0.05) is 18.7 Å². The number of rotatable bonds is 4. The van der Waals surface area contributed by atoms with E-state index in [1.807, 2.05) is 5.32 Å². The number of carbonyl (C=O) groups is 1. The number of alkyl halides is 4. The first-order valence-corrected chi connectivity index (χ1v) is 5.67. The van der Waals surface area contributed by atoms with E-state index in [0.717, 1.165) is 11.1 Å². The minimum atomic E-state index is -4.21. The lowest BCUT2D eigenvalue weighted by atomic mass is 10.1. The molecule has 8 heteroatoms. The molecule has 0 saturated carbocycles. The minimum Gasteiger partial charge on any atom is -0.346 e. The maximum absolute atomic E-state index is 12.7. The Morgan fingerprint density at radius 3 is 2.60 bits per heavy atom. The van der Waals surface area contributed by atoms with Gasteiger partial charge >= 0.3 is 12.3 Å². The summed E-state index contributed by atoms with van der Waals surface area (Å²) < 4.78 is 49.2. The number of benzene rings is 1. The Labute approximate surface area is 119 Å². The summed E-state index contributed by atoms with van der Waals surface area (Å²) >= 11 is 0. The van der Waals surface area contributed by atoms with Crippen LogP contribution < -0.4 is 10.6 Å². The quantitative estimate of drug-likeness (QED) is 0.838. The van der Waals surface area contributed by atoms with Crippen LogP contribution in [0.25, 0.3) is 0 Å². The van der Waals surface area contributed by atoms with Crippen LogP contribution in [-0.2, 0) is 13.1 Å². The van der Waals surface area contributed by atoms with Crippen molar-refractivity contribution in [1.29, 1.82) is 0 Å². The Balaban J connectivity index is 0.00000200. The van der Waals surface area contributed by atoms with Crippen LogP contribution >= 0.6 is 12.4 Å². The summed E-state index contributed by atoms with van der Waals surface area (Å²) in [5, 5.41) is 4.90. The van der Waals surface area contributed by atoms with Crippen LogP contribution in [0.1, 0.15) is 21.5 Å². The second-order valence-electron chi connectivity index (χ2n) is 4.33. The van der Waals surface area contributed by atoms with Crippen LogP contribution in [0.3, 0.4) is 0 Å². The van der Waals surface area contributed by atoms with Crippen molar-refractivity contribution in [1.82, 2.24) is 10.6 Å². The number of halogens is 5. The predicted molar refractivity (Wildman–Crippen MR) is 67.5 cm³/mol. The summed E-state index contributed by atoms with van der Waals surface area (Å²) in [7, 11) is 0. The highest BCUT2D eigenvalue weighted by atomic mass is 35.5. The average Bonchev–Trinajstić information content (AvgIpc) is 2.82. The Kier molecular flexibility index (Phi) is 5.35. The molecule has 0 aromatic heterocycles. The summed E-state index contributed by atoms with van der Waals surface area (Å²) in [5.41, 5.74) is 2.13. The zero-order chi connectivity index (χ0) is 14.0. The Morgan fingerprint density at radius 1 is 1.30 bits per heavy atom. The Bertz CT molecular complexity index is 496. The van der Waals surface area contributed by atoms with Gasteiger partial charge in [-0.1, -0.05) is 6.07 Å². The molecule has 112 valence electrons. The van der Waals surface area contributed by atoms with E-state index in [9.17, 15) is 22.4 Å². The van der Waals surface area contributed by atoms with Gasteiger partial charge in [-0.15, -0.1) is 12.4 Å². The standard InChI is InChI=1S/C12H12F4N2O.ClH/c13-11(14)12(15,16)6-18-10(19)7-1-2-8-4-17-5-9(8)3-7;/h1-3,11,17H,4-6H2,(H,18,19);1H. The average molecular weight is 313 g/mol. The second kappa shape index (κ2) is 6.41. The fourth-order valence-electron chi connectivity index (χ4n) is 1.81. The van der Waals surface area contributed by atoms with E-state index in [4.69, 9.17) is 0 Å². The first-order valence-electron chi connectivity index (χ1n) is 5.67. The minimum absolute atomic E-state index is 0. The number of amides is 1. The molecule has 0 radical (unpaired) electrons. The van der Waals surface area contributed by atoms with Gasteiger partial charge in [-0.3, -0.25) is 4.79 Å². The molecular weight excluding hydrogens is 300 g/mol. The fraction of sp³-hybridized carbons (Fsp3) is 0.417. The molecule has 1 aliphatic rings. The van der Waals surface area contributed by atoms with E-state index in [2.05, 4.69) is 5.32 Å². The van der Waals surface area contributed by atoms with Crippen molar-refractivity contribution in [2.24, 2.45) is 0 Å². The third kappa shape index (κ3) is 3.61. The SMILES string of the molecule is Cl.O=C(NCC(F)(F)C(F)F)c1ccc2c(c1)CNC2. The van der Waals surface area contributed by atoms with Crippen molar-refractivity contribution in [3.63, 3.8) is 0 Å². The monoisotopic (exact) mass is 312 g/mol. The van der Waals surface area contributed by atoms with Gasteiger partial charge in [-0.25, -0.2) is 8.78 Å². The van der Waals surface area contributed by atoms with Crippen molar-refractivity contribution in [2.45, 2.75) is 25.4 Å². The predicted octanol–water partition coefficient (Wildman–Crippen LogP) is 2.34. The highest BCUT2D eigenvalue weighted by molar-refractivity contribution is 5.94. The summed E-state index contributed by atoms with van der Waals surface area (Å²) in [4.78, 5) is 11.6. The maximum Gasteiger partial charge on any atom is 0.324 e. The molecule has 2 rings (SSSR count). The van der Waals surface area contributed by atoms with E-state index >= 15 is 0 Å². The molecule has 3 nitrogen and oxygen atoms in total. The van der Waals surface area contributed by atoms with Crippen molar-refractivity contribution >= 4 is 18.3 Å². The van der Waals surface area contributed by atoms with Gasteiger partial charge in [0.15, 0.2) is 0 Å². The molecule has 1 amide bonds. The van der Waals surface area contributed by atoms with Crippen LogP contribution in [0.4, 0.5) is 17.6 Å². The molecule has 0 saturated heterocycles. The topological polar surface area (TPSA) is 41.1 Å². The Morgan fingerprint density at radius 2 is 1.95 bits per heavy atom. The van der Waals surface area contributed by atoms with E-state index < -0.39 is 24.8 Å². The zero-order valence-electron chi connectivity index (χ0n) is 10.3. The summed E-state index contributed by atoms with van der Waals surface area (Å²) in [6, 6.07) is 4.78. The number of hydrogen-bond acceptors (Lipinski definition) is 2. The van der Waals surface area contributed by atoms with Gasteiger partial charge in [0.2, 0.25) is 0 Å². The number of hydrogen-bond donors (Lipinski definition) is 2. The lowest BCUT2D eigenvalue weighted by Crippen LogP contribution is -2.41. The van der Waals surface area contributed by atoms with Gasteiger partial charge in [0.05, 0.1) is 6.54 Å². The van der Waals surface area contributed by atoms with E-state index in [0.29, 0.717) is 13.1 Å². The first-order chi connectivity index (χ1) is 8.90. The molecular formula is C12H13ClF4N2O. The molecule has 20 heavy (non-hydrogen) atoms. The molecule has 1 aromatic carbocycles. The van der Waals surface area contributed by atoms with Crippen molar-refractivity contribution in [3.8, 4) is 0 Å². The highest BCUT2D eigenvalue weighted by Gasteiger charge is 2.40. The number of carbonyl (C=O) groups excluding carboxylic acids is 1. The van der Waals surface area contributed by atoms with Gasteiger partial charge < -0.3 is 10.6 Å². The molecule has 1 heterocycles. The molecule has 0 aliphatic carbocycles. The third-order valence-electron chi connectivity index (χ3n) is 2.90. The molecule has 2 N–H and O–H groups in total. The molecule has 1 aliphatic heterocycles. The normalized spacial score (nSPS) is 13.8. The third-order valence-corrected chi connectivity index (χ3v) is 2.90. The zero-order valence-corrected chi connectivity index (χ0v) is 11.1. The molecule has 0 unspecified atom stereocenters. The van der Waals surface area contributed by atoms with Crippen LogP contribution in [0.15, 0.2) is 18.2 Å². The van der Waals surface area contributed by atoms with Crippen LogP contribution in [0.2, 0.25) is 0 Å². The maximum atomic E-state index is 12.7. The van der Waals surface area contributed by atoms with Crippen molar-refractivity contribution < 1.29 is 22.4 Å². The largest absolute Gasteiger partial charge is 0.346 e. The lowest BCUT2D eigenvalue weighted by molar-refractivity contribution is -0.123. The molecule has 0 atom stereocenters. The molecule has 0 bridgehead atoms. The highest BCUT2D eigenvalue weighted by Crippen LogP contribution is 2.22. The summed E-state index contributed by atoms with van der Waals surface area (Å²) in [6.45, 7) is -0.0802. The summed E-state index contributed by atoms with van der Waals surface area (Å²) in [6.07, 6.45) is -3.79. The lowest BCUT2D eigenvalue weighted by Gasteiger charge is -2.15. The number of fused-ring (bicyclic) bond motifs is 1. The van der Waals surface area contributed by atoms with E-state index in [-0.39, 0.29) is 18.0 Å². The van der Waals surface area contributed by atoms with E-state index in [1.165, 1.54) is 6.07 Å². The van der Waals surface area contributed by atoms with Crippen LogP contribution in [0, 0.1) is 0 Å².